The summed E-state index contributed by atoms with van der Waals surface area (Å²) < 4.78 is 33.6. The van der Waals surface area contributed by atoms with E-state index < -0.39 is 5.82 Å². The van der Waals surface area contributed by atoms with Crippen LogP contribution in [0.2, 0.25) is 0 Å². The van der Waals surface area contributed by atoms with Crippen LogP contribution >= 0.6 is 0 Å². The van der Waals surface area contributed by atoms with Gasteiger partial charge in [-0.2, -0.15) is 0 Å². The zero-order chi connectivity index (χ0) is 29.4. The Balaban J connectivity index is 1.40. The minimum atomic E-state index is -0.615. The molecule has 10 nitrogen and oxygen atoms in total. The van der Waals surface area contributed by atoms with E-state index in [1.54, 1.807) is 19.5 Å². The number of piperidine rings is 1. The first kappa shape index (κ1) is 27.8. The highest BCUT2D eigenvalue weighted by Crippen LogP contribution is 2.41. The molecule has 1 unspecified atom stereocenters. The molecule has 6 rings (SSSR count). The van der Waals surface area contributed by atoms with Crippen LogP contribution in [0.4, 0.5) is 15.9 Å². The van der Waals surface area contributed by atoms with E-state index in [0.717, 1.165) is 37.2 Å². The molecule has 2 atom stereocenters. The van der Waals surface area contributed by atoms with E-state index >= 15 is 4.39 Å². The summed E-state index contributed by atoms with van der Waals surface area (Å²) in [4.78, 5) is 27.1. The second-order valence-corrected chi connectivity index (χ2v) is 11.0. The molecule has 0 saturated carbocycles. The molecule has 1 aromatic carbocycles. The Morgan fingerprint density at radius 1 is 1.17 bits per heavy atom. The summed E-state index contributed by atoms with van der Waals surface area (Å²) in [5, 5.41) is 0.288. The number of anilines is 2. The van der Waals surface area contributed by atoms with Gasteiger partial charge in [-0.1, -0.05) is 0 Å². The molecule has 0 aliphatic carbocycles. The van der Waals surface area contributed by atoms with Crippen molar-refractivity contribution >= 4 is 22.4 Å². The Kier molecular flexibility index (Phi) is 7.59. The molecular formula is C31H35FN6O4. The second kappa shape index (κ2) is 11.5. The Labute approximate surface area is 243 Å². The van der Waals surface area contributed by atoms with Crippen LogP contribution in [-0.4, -0.2) is 59.4 Å². The Morgan fingerprint density at radius 2 is 2.02 bits per heavy atom. The summed E-state index contributed by atoms with van der Waals surface area (Å²) in [7, 11) is 3.00. The molecule has 11 heteroatoms. The first-order valence-corrected chi connectivity index (χ1v) is 14.1. The highest BCUT2D eigenvalue weighted by Gasteiger charge is 2.30. The lowest BCUT2D eigenvalue weighted by atomic mass is 10.0. The lowest BCUT2D eigenvalue weighted by Gasteiger charge is -2.40. The van der Waals surface area contributed by atoms with Crippen LogP contribution in [-0.2, 0) is 13.1 Å². The van der Waals surface area contributed by atoms with E-state index in [0.29, 0.717) is 42.5 Å². The van der Waals surface area contributed by atoms with Crippen molar-refractivity contribution in [3.05, 3.63) is 76.1 Å². The molecule has 4 aromatic rings. The van der Waals surface area contributed by atoms with Crippen LogP contribution in [0.3, 0.4) is 0 Å². The van der Waals surface area contributed by atoms with E-state index in [1.165, 1.54) is 13.2 Å². The molecule has 2 N–H and O–H groups in total. The second-order valence-electron chi connectivity index (χ2n) is 11.0. The lowest BCUT2D eigenvalue weighted by Crippen LogP contribution is -2.48. The summed E-state index contributed by atoms with van der Waals surface area (Å²) in [6.07, 6.45) is 7.39. The number of nitrogens with zero attached hydrogens (tertiary/aromatic N) is 5. The Hall–Kier alpha value is -4.38. The third-order valence-electron chi connectivity index (χ3n) is 8.22. The number of hydrogen-bond acceptors (Lipinski definition) is 9. The standard InChI is InChI=1S/C31H35FN6O4/c1-19-18-42-31-28-24(12-25(32)30(31)41-3)29(39)21(16-38(19)28)15-37(14-20-8-9-34-27(11-20)40-2)23-5-4-10-36(17-23)22-6-7-26(33)35-13-22/h6-9,11-13,16,19,23H,4-5,10,14-15,17-18H2,1-3H3,(H2,33,35)/t19?,23-/m0/s1. The van der Waals surface area contributed by atoms with Gasteiger partial charge in [0.25, 0.3) is 0 Å². The number of pyridine rings is 3. The van der Waals surface area contributed by atoms with Gasteiger partial charge in [-0.05, 0) is 49.6 Å². The maximum atomic E-state index is 15.1. The quantitative estimate of drug-likeness (QED) is 0.332. The fourth-order valence-corrected chi connectivity index (χ4v) is 6.06. The van der Waals surface area contributed by atoms with Crippen molar-refractivity contribution in [2.24, 2.45) is 0 Å². The predicted octanol–water partition coefficient (Wildman–Crippen LogP) is 4.15. The first-order chi connectivity index (χ1) is 20.4. The number of rotatable bonds is 8. The molecule has 0 amide bonds. The number of aromatic nitrogens is 3. The van der Waals surface area contributed by atoms with Crippen molar-refractivity contribution in [1.82, 2.24) is 19.4 Å². The molecule has 3 aromatic heterocycles. The minimum Gasteiger partial charge on any atom is -0.490 e. The maximum Gasteiger partial charge on any atom is 0.213 e. The molecule has 2 aliphatic rings. The van der Waals surface area contributed by atoms with Crippen molar-refractivity contribution < 1.29 is 18.6 Å². The highest BCUT2D eigenvalue weighted by molar-refractivity contribution is 5.89. The topological polar surface area (TPSA) is 108 Å². The normalized spacial score (nSPS) is 18.3. The van der Waals surface area contributed by atoms with Crippen molar-refractivity contribution in [3.63, 3.8) is 0 Å². The molecule has 5 heterocycles. The van der Waals surface area contributed by atoms with Crippen molar-refractivity contribution in [1.29, 1.82) is 0 Å². The molecule has 0 bridgehead atoms. The summed E-state index contributed by atoms with van der Waals surface area (Å²) in [6, 6.07) is 9.05. The fraction of sp³-hybridized carbons (Fsp3) is 0.387. The Bertz CT molecular complexity index is 1660. The van der Waals surface area contributed by atoms with Gasteiger partial charge in [0.1, 0.15) is 12.4 Å². The minimum absolute atomic E-state index is 0.0167. The van der Waals surface area contributed by atoms with Gasteiger partial charge in [0.15, 0.2) is 22.7 Å². The molecule has 220 valence electrons. The van der Waals surface area contributed by atoms with Crippen LogP contribution in [0.5, 0.6) is 17.4 Å². The van der Waals surface area contributed by atoms with Crippen LogP contribution in [0.15, 0.2) is 53.7 Å². The summed E-state index contributed by atoms with van der Waals surface area (Å²) in [5.74, 6) is 0.693. The SMILES string of the molecule is COc1cc(CN(Cc2cn3c4c(c(OC)c(F)cc4c2=O)OCC3C)[C@H]2CCCN(c3ccc(N)nc3)C2)ccn1. The zero-order valence-corrected chi connectivity index (χ0v) is 24.0. The molecule has 42 heavy (non-hydrogen) atoms. The number of methoxy groups -OCH3 is 2. The average molecular weight is 575 g/mol. The van der Waals surface area contributed by atoms with Crippen LogP contribution in [0.25, 0.3) is 10.9 Å². The highest BCUT2D eigenvalue weighted by atomic mass is 19.1. The molecule has 1 saturated heterocycles. The number of hydrogen-bond donors (Lipinski definition) is 1. The van der Waals surface area contributed by atoms with Crippen molar-refractivity contribution in [2.75, 3.05) is 44.5 Å². The van der Waals surface area contributed by atoms with Crippen molar-refractivity contribution in [2.45, 2.75) is 44.9 Å². The Morgan fingerprint density at radius 3 is 2.79 bits per heavy atom. The van der Waals surface area contributed by atoms with Crippen LogP contribution in [0, 0.1) is 5.82 Å². The molecule has 0 spiro atoms. The van der Waals surface area contributed by atoms with Gasteiger partial charge in [0.2, 0.25) is 5.88 Å². The predicted molar refractivity (Wildman–Crippen MR) is 159 cm³/mol. The largest absolute Gasteiger partial charge is 0.490 e. The van der Waals surface area contributed by atoms with Gasteiger partial charge in [0, 0.05) is 56.2 Å². The fourth-order valence-electron chi connectivity index (χ4n) is 6.06. The van der Waals surface area contributed by atoms with E-state index in [-0.39, 0.29) is 34.4 Å². The molecular weight excluding hydrogens is 539 g/mol. The van der Waals surface area contributed by atoms with Gasteiger partial charge in [-0.3, -0.25) is 9.69 Å². The summed E-state index contributed by atoms with van der Waals surface area (Å²) in [5.41, 5.74) is 8.81. The third kappa shape index (κ3) is 5.20. The van der Waals surface area contributed by atoms with E-state index in [2.05, 4.69) is 19.8 Å². The maximum absolute atomic E-state index is 15.1. The van der Waals surface area contributed by atoms with Crippen LogP contribution in [0.1, 0.15) is 36.9 Å². The van der Waals surface area contributed by atoms with E-state index in [1.807, 2.05) is 42.0 Å². The molecule has 1 fully saturated rings. The number of halogens is 1. The zero-order valence-electron chi connectivity index (χ0n) is 24.0. The number of nitrogen functional groups attached to an aromatic ring is 1. The smallest absolute Gasteiger partial charge is 0.213 e. The van der Waals surface area contributed by atoms with Gasteiger partial charge in [-0.15, -0.1) is 0 Å². The number of ether oxygens (including phenoxy) is 3. The monoisotopic (exact) mass is 574 g/mol. The van der Waals surface area contributed by atoms with E-state index in [9.17, 15) is 4.79 Å². The molecule has 0 radical (unpaired) electrons. The average Bonchev–Trinajstić information content (AvgIpc) is 3.01. The van der Waals surface area contributed by atoms with Gasteiger partial charge in [0.05, 0.1) is 43.0 Å². The van der Waals surface area contributed by atoms with Crippen molar-refractivity contribution in [3.8, 4) is 17.4 Å². The summed E-state index contributed by atoms with van der Waals surface area (Å²) >= 11 is 0. The van der Waals surface area contributed by atoms with Crippen LogP contribution < -0.4 is 30.3 Å². The molecule has 2 aliphatic heterocycles. The lowest BCUT2D eigenvalue weighted by molar-refractivity contribution is 0.157. The third-order valence-corrected chi connectivity index (χ3v) is 8.22. The van der Waals surface area contributed by atoms with Gasteiger partial charge < -0.3 is 29.4 Å². The van der Waals surface area contributed by atoms with Gasteiger partial charge in [-0.25, -0.2) is 14.4 Å². The number of benzene rings is 1. The van der Waals surface area contributed by atoms with E-state index in [4.69, 9.17) is 19.9 Å². The first-order valence-electron chi connectivity index (χ1n) is 14.1. The summed E-state index contributed by atoms with van der Waals surface area (Å²) in [6.45, 7) is 4.99. The number of nitrogens with two attached hydrogens (primary N) is 1. The van der Waals surface area contributed by atoms with Gasteiger partial charge >= 0.3 is 0 Å².